The Morgan fingerprint density at radius 1 is 1.14 bits per heavy atom. The van der Waals surface area contributed by atoms with E-state index in [0.29, 0.717) is 33.6 Å². The van der Waals surface area contributed by atoms with Crippen molar-refractivity contribution in [3.63, 3.8) is 0 Å². The normalized spacial score (nSPS) is 11.0. The molecule has 5 heteroatoms. The molecule has 0 bridgehead atoms. The smallest absolute Gasteiger partial charge is 0.145 e. The molecule has 4 nitrogen and oxygen atoms in total. The molecule has 2 heterocycles. The lowest BCUT2D eigenvalue weighted by Crippen LogP contribution is -1.87. The fourth-order valence-electron chi connectivity index (χ4n) is 2.47. The lowest BCUT2D eigenvalue weighted by molar-refractivity contribution is 0.635. The zero-order valence-electron chi connectivity index (χ0n) is 10.7. The molecular formula is C16H8FN3O. The van der Waals surface area contributed by atoms with Crippen LogP contribution in [-0.2, 0) is 0 Å². The lowest BCUT2D eigenvalue weighted by atomic mass is 10.1. The van der Waals surface area contributed by atoms with Gasteiger partial charge < -0.3 is 9.40 Å². The molecule has 0 radical (unpaired) electrons. The molecule has 0 saturated carbocycles. The van der Waals surface area contributed by atoms with Gasteiger partial charge in [-0.25, -0.2) is 9.37 Å². The number of halogens is 1. The molecule has 0 saturated heterocycles. The highest BCUT2D eigenvalue weighted by Gasteiger charge is 2.17. The van der Waals surface area contributed by atoms with E-state index in [9.17, 15) is 4.39 Å². The monoisotopic (exact) mass is 277 g/mol. The van der Waals surface area contributed by atoms with Crippen LogP contribution in [0.2, 0.25) is 0 Å². The number of nitriles is 1. The van der Waals surface area contributed by atoms with Crippen molar-refractivity contribution in [3.8, 4) is 17.5 Å². The van der Waals surface area contributed by atoms with Gasteiger partial charge in [-0.2, -0.15) is 5.26 Å². The minimum Gasteiger partial charge on any atom is -0.456 e. The number of nitrogens with one attached hydrogen (secondary N) is 1. The van der Waals surface area contributed by atoms with Gasteiger partial charge in [0.15, 0.2) is 0 Å². The molecule has 100 valence electrons. The Hall–Kier alpha value is -3.13. The van der Waals surface area contributed by atoms with Gasteiger partial charge in [-0.3, -0.25) is 0 Å². The summed E-state index contributed by atoms with van der Waals surface area (Å²) in [6.07, 6.45) is 1.38. The highest BCUT2D eigenvalue weighted by Crippen LogP contribution is 2.34. The Kier molecular flexibility index (Phi) is 2.33. The van der Waals surface area contributed by atoms with Crippen molar-refractivity contribution >= 4 is 21.9 Å². The van der Waals surface area contributed by atoms with Crippen molar-refractivity contribution in [2.24, 2.45) is 0 Å². The zero-order valence-corrected chi connectivity index (χ0v) is 10.7. The molecule has 0 aliphatic carbocycles. The number of H-pyrrole nitrogens is 1. The van der Waals surface area contributed by atoms with Crippen molar-refractivity contribution in [1.29, 1.82) is 5.26 Å². The molecule has 0 fully saturated rings. The Morgan fingerprint density at radius 2 is 2.00 bits per heavy atom. The number of furan rings is 1. The average Bonchev–Trinajstić information content (AvgIpc) is 3.11. The van der Waals surface area contributed by atoms with Crippen LogP contribution in [0.15, 0.2) is 47.0 Å². The van der Waals surface area contributed by atoms with Gasteiger partial charge >= 0.3 is 0 Å². The summed E-state index contributed by atoms with van der Waals surface area (Å²) in [6, 6.07) is 12.5. The average molecular weight is 277 g/mol. The predicted octanol–water partition coefficient (Wildman–Crippen LogP) is 3.99. The van der Waals surface area contributed by atoms with Crippen LogP contribution in [-0.4, -0.2) is 9.97 Å². The SMILES string of the molecule is N#Cc1cnc(-c2ccc3oc4ccccc4c3c2F)[nH]1. The number of fused-ring (bicyclic) bond motifs is 3. The summed E-state index contributed by atoms with van der Waals surface area (Å²) < 4.78 is 20.5. The van der Waals surface area contributed by atoms with Gasteiger partial charge in [-0.1, -0.05) is 18.2 Å². The third kappa shape index (κ3) is 1.63. The molecule has 0 unspecified atom stereocenters. The molecule has 4 aromatic rings. The molecule has 2 aromatic heterocycles. The van der Waals surface area contributed by atoms with Gasteiger partial charge in [0.05, 0.1) is 17.1 Å². The molecule has 1 N–H and O–H groups in total. The van der Waals surface area contributed by atoms with Crippen LogP contribution in [0.25, 0.3) is 33.3 Å². The van der Waals surface area contributed by atoms with Gasteiger partial charge in [0, 0.05) is 5.39 Å². The first-order valence-corrected chi connectivity index (χ1v) is 6.33. The molecule has 0 aliphatic rings. The first-order chi connectivity index (χ1) is 10.3. The van der Waals surface area contributed by atoms with E-state index in [1.807, 2.05) is 24.3 Å². The number of hydrogen-bond acceptors (Lipinski definition) is 3. The number of aromatic nitrogens is 2. The summed E-state index contributed by atoms with van der Waals surface area (Å²) in [7, 11) is 0. The molecule has 4 rings (SSSR count). The largest absolute Gasteiger partial charge is 0.456 e. The number of nitrogens with zero attached hydrogens (tertiary/aromatic N) is 2. The van der Waals surface area contributed by atoms with Crippen LogP contribution < -0.4 is 0 Å². The van der Waals surface area contributed by atoms with E-state index in [1.54, 1.807) is 18.2 Å². The second-order valence-corrected chi connectivity index (χ2v) is 4.66. The lowest BCUT2D eigenvalue weighted by Gasteiger charge is -2.00. The molecule has 2 aromatic carbocycles. The van der Waals surface area contributed by atoms with E-state index in [2.05, 4.69) is 9.97 Å². The first kappa shape index (κ1) is 11.7. The highest BCUT2D eigenvalue weighted by molar-refractivity contribution is 6.06. The quantitative estimate of drug-likeness (QED) is 0.572. The van der Waals surface area contributed by atoms with E-state index in [0.717, 1.165) is 5.39 Å². The van der Waals surface area contributed by atoms with Crippen molar-refractivity contribution < 1.29 is 8.81 Å². The Labute approximate surface area is 118 Å². The van der Waals surface area contributed by atoms with Crippen LogP contribution in [0.1, 0.15) is 5.69 Å². The summed E-state index contributed by atoms with van der Waals surface area (Å²) in [6.45, 7) is 0. The molecule has 0 atom stereocenters. The van der Waals surface area contributed by atoms with Crippen LogP contribution in [0.5, 0.6) is 0 Å². The van der Waals surface area contributed by atoms with E-state index in [-0.39, 0.29) is 0 Å². The second kappa shape index (κ2) is 4.18. The van der Waals surface area contributed by atoms with Gasteiger partial charge in [-0.15, -0.1) is 0 Å². The molecular weight excluding hydrogens is 269 g/mol. The van der Waals surface area contributed by atoms with Gasteiger partial charge in [0.1, 0.15) is 34.6 Å². The number of benzene rings is 2. The Morgan fingerprint density at radius 3 is 2.81 bits per heavy atom. The minimum atomic E-state index is -0.406. The highest BCUT2D eigenvalue weighted by atomic mass is 19.1. The summed E-state index contributed by atoms with van der Waals surface area (Å²) in [5.74, 6) is -0.0764. The maximum absolute atomic E-state index is 14.8. The van der Waals surface area contributed by atoms with E-state index in [4.69, 9.17) is 9.68 Å². The van der Waals surface area contributed by atoms with E-state index in [1.165, 1.54) is 6.20 Å². The van der Waals surface area contributed by atoms with Crippen molar-refractivity contribution in [1.82, 2.24) is 9.97 Å². The summed E-state index contributed by atoms with van der Waals surface area (Å²) >= 11 is 0. The maximum Gasteiger partial charge on any atom is 0.145 e. The van der Waals surface area contributed by atoms with Crippen LogP contribution in [0, 0.1) is 17.1 Å². The van der Waals surface area contributed by atoms with E-state index >= 15 is 0 Å². The standard InChI is InChI=1S/C16H8FN3O/c17-15-11(16-19-8-9(7-18)20-16)5-6-13-14(15)10-3-1-2-4-12(10)21-13/h1-6,8H,(H,19,20). The van der Waals surface area contributed by atoms with Crippen LogP contribution in [0.3, 0.4) is 0 Å². The number of para-hydroxylation sites is 1. The van der Waals surface area contributed by atoms with Crippen molar-refractivity contribution in [3.05, 3.63) is 54.1 Å². The number of imidazole rings is 1. The maximum atomic E-state index is 14.8. The van der Waals surface area contributed by atoms with Crippen LogP contribution >= 0.6 is 0 Å². The molecule has 0 aliphatic heterocycles. The van der Waals surface area contributed by atoms with Crippen molar-refractivity contribution in [2.75, 3.05) is 0 Å². The fraction of sp³-hybridized carbons (Fsp3) is 0. The Bertz CT molecular complexity index is 1020. The number of hydrogen-bond donors (Lipinski definition) is 1. The third-order valence-corrected chi connectivity index (χ3v) is 3.43. The summed E-state index contributed by atoms with van der Waals surface area (Å²) in [5.41, 5.74) is 1.74. The fourth-order valence-corrected chi connectivity index (χ4v) is 2.47. The number of aromatic amines is 1. The van der Waals surface area contributed by atoms with E-state index < -0.39 is 5.82 Å². The van der Waals surface area contributed by atoms with Gasteiger partial charge in [-0.05, 0) is 18.2 Å². The van der Waals surface area contributed by atoms with Gasteiger partial charge in [0.2, 0.25) is 0 Å². The predicted molar refractivity (Wildman–Crippen MR) is 76.0 cm³/mol. The first-order valence-electron chi connectivity index (χ1n) is 6.33. The third-order valence-electron chi connectivity index (χ3n) is 3.43. The molecule has 0 spiro atoms. The zero-order chi connectivity index (χ0) is 14.4. The van der Waals surface area contributed by atoms with Gasteiger partial charge in [0.25, 0.3) is 0 Å². The summed E-state index contributed by atoms with van der Waals surface area (Å²) in [4.78, 5) is 6.82. The van der Waals surface area contributed by atoms with Crippen LogP contribution in [0.4, 0.5) is 4.39 Å². The number of rotatable bonds is 1. The Balaban J connectivity index is 2.05. The second-order valence-electron chi connectivity index (χ2n) is 4.66. The molecule has 21 heavy (non-hydrogen) atoms. The van der Waals surface area contributed by atoms with Crippen molar-refractivity contribution in [2.45, 2.75) is 0 Å². The summed E-state index contributed by atoms with van der Waals surface area (Å²) in [5, 5.41) is 9.97. The minimum absolute atomic E-state index is 0.293. The molecule has 0 amide bonds. The topological polar surface area (TPSA) is 65.6 Å².